The maximum atomic E-state index is 11.9. The van der Waals surface area contributed by atoms with E-state index in [9.17, 15) is 3.89 Å². The number of benzene rings is 1. The van der Waals surface area contributed by atoms with Crippen molar-refractivity contribution in [1.82, 2.24) is 0 Å². The summed E-state index contributed by atoms with van der Waals surface area (Å²) in [6.45, 7) is 6.43. The highest BCUT2D eigenvalue weighted by atomic mass is 33.1. The molecular formula is C11H16FNOS2. The standard InChI is InChI=1S/C9H10FNOS2.C2H6/c1-2-12-11-7-8-3-5-9(6-4-8)13-14-10;1-2/h3-7H,2H2,1H3;1-2H3/b11-7+;. The number of nitrogens with zero attached hydrogens (tertiary/aromatic N) is 1. The second-order valence-corrected chi connectivity index (χ2v) is 4.01. The highest BCUT2D eigenvalue weighted by Crippen LogP contribution is 2.31. The Balaban J connectivity index is 0.00000106. The molecule has 0 heterocycles. The van der Waals surface area contributed by atoms with E-state index in [1.165, 1.54) is 0 Å². The van der Waals surface area contributed by atoms with E-state index < -0.39 is 0 Å². The summed E-state index contributed by atoms with van der Waals surface area (Å²) in [7, 11) is 1.09. The SMILES string of the molecule is CC.CCO/N=C/c1ccc(SSF)cc1. The molecule has 0 aliphatic rings. The lowest BCUT2D eigenvalue weighted by molar-refractivity contribution is 0.160. The smallest absolute Gasteiger partial charge is 0.120 e. The van der Waals surface area contributed by atoms with Gasteiger partial charge in [0, 0.05) is 4.90 Å². The van der Waals surface area contributed by atoms with Crippen molar-refractivity contribution >= 4 is 28.2 Å². The summed E-state index contributed by atoms with van der Waals surface area (Å²) in [5.74, 6) is 0. The Morgan fingerprint density at radius 1 is 1.31 bits per heavy atom. The molecule has 90 valence electrons. The van der Waals surface area contributed by atoms with Gasteiger partial charge in [0.25, 0.3) is 0 Å². The van der Waals surface area contributed by atoms with Crippen LogP contribution in [0.25, 0.3) is 0 Å². The van der Waals surface area contributed by atoms with Crippen LogP contribution in [-0.2, 0) is 4.84 Å². The van der Waals surface area contributed by atoms with Gasteiger partial charge in [-0.2, -0.15) is 3.89 Å². The van der Waals surface area contributed by atoms with Crippen molar-refractivity contribution in [2.45, 2.75) is 25.7 Å². The minimum absolute atomic E-state index is 0.240. The van der Waals surface area contributed by atoms with E-state index in [1.807, 2.05) is 45.0 Å². The van der Waals surface area contributed by atoms with Gasteiger partial charge in [0.05, 0.1) is 6.21 Å². The van der Waals surface area contributed by atoms with E-state index in [2.05, 4.69) is 5.16 Å². The Bertz CT molecular complexity index is 291. The first kappa shape index (κ1) is 15.3. The van der Waals surface area contributed by atoms with E-state index in [4.69, 9.17) is 4.84 Å². The van der Waals surface area contributed by atoms with Gasteiger partial charge >= 0.3 is 0 Å². The van der Waals surface area contributed by atoms with Crippen molar-refractivity contribution in [2.75, 3.05) is 6.61 Å². The number of hydrogen-bond donors (Lipinski definition) is 0. The zero-order chi connectivity index (χ0) is 12.2. The lowest BCUT2D eigenvalue weighted by atomic mass is 10.2. The minimum atomic E-state index is 0.240. The molecule has 0 atom stereocenters. The number of halogens is 1. The fourth-order valence-electron chi connectivity index (χ4n) is 0.818. The maximum Gasteiger partial charge on any atom is 0.120 e. The van der Waals surface area contributed by atoms with Crippen LogP contribution < -0.4 is 0 Å². The van der Waals surface area contributed by atoms with E-state index in [0.29, 0.717) is 6.61 Å². The molecule has 1 aromatic rings. The first-order valence-corrected chi connectivity index (χ1v) is 7.12. The molecule has 16 heavy (non-hydrogen) atoms. The topological polar surface area (TPSA) is 21.6 Å². The molecule has 0 aliphatic heterocycles. The van der Waals surface area contributed by atoms with Crippen molar-refractivity contribution in [2.24, 2.45) is 5.16 Å². The maximum absolute atomic E-state index is 11.9. The lowest BCUT2D eigenvalue weighted by Crippen LogP contribution is -1.83. The van der Waals surface area contributed by atoms with E-state index in [1.54, 1.807) is 6.21 Å². The summed E-state index contributed by atoms with van der Waals surface area (Å²) >= 11 is 0.240. The monoisotopic (exact) mass is 261 g/mol. The highest BCUT2D eigenvalue weighted by Gasteiger charge is 1.93. The fourth-order valence-corrected chi connectivity index (χ4v) is 1.69. The zero-order valence-electron chi connectivity index (χ0n) is 9.64. The first-order valence-electron chi connectivity index (χ1n) is 5.07. The summed E-state index contributed by atoms with van der Waals surface area (Å²) in [6, 6.07) is 7.40. The van der Waals surface area contributed by atoms with Crippen molar-refractivity contribution in [3.63, 3.8) is 0 Å². The molecule has 0 saturated heterocycles. The van der Waals surface area contributed by atoms with Gasteiger partial charge in [0.15, 0.2) is 0 Å². The average molecular weight is 261 g/mol. The second-order valence-electron chi connectivity index (χ2n) is 2.37. The summed E-state index contributed by atoms with van der Waals surface area (Å²) in [6.07, 6.45) is 1.63. The van der Waals surface area contributed by atoms with Crippen LogP contribution in [0.4, 0.5) is 3.89 Å². The van der Waals surface area contributed by atoms with Crippen LogP contribution >= 0.6 is 22.0 Å². The predicted molar refractivity (Wildman–Crippen MR) is 71.6 cm³/mol. The van der Waals surface area contributed by atoms with E-state index in [-0.39, 0.29) is 11.2 Å². The van der Waals surface area contributed by atoms with E-state index in [0.717, 1.165) is 21.3 Å². The Kier molecular flexibility index (Phi) is 10.4. The quantitative estimate of drug-likeness (QED) is 0.435. The van der Waals surface area contributed by atoms with Crippen LogP contribution in [0.2, 0.25) is 0 Å². The molecule has 0 bridgehead atoms. The van der Waals surface area contributed by atoms with Gasteiger partial charge in [-0.05, 0) is 35.4 Å². The Morgan fingerprint density at radius 3 is 2.44 bits per heavy atom. The van der Waals surface area contributed by atoms with Crippen molar-refractivity contribution in [3.05, 3.63) is 29.8 Å². The van der Waals surface area contributed by atoms with Gasteiger partial charge in [0.1, 0.15) is 17.8 Å². The van der Waals surface area contributed by atoms with Crippen LogP contribution in [0.3, 0.4) is 0 Å². The molecule has 0 aliphatic carbocycles. The molecule has 1 rings (SSSR count). The molecule has 5 heteroatoms. The average Bonchev–Trinajstić information content (AvgIpc) is 2.35. The summed E-state index contributed by atoms with van der Waals surface area (Å²) < 4.78 is 11.9. The van der Waals surface area contributed by atoms with Crippen molar-refractivity contribution < 1.29 is 8.72 Å². The fraction of sp³-hybridized carbons (Fsp3) is 0.364. The summed E-state index contributed by atoms with van der Waals surface area (Å²) in [5, 5.41) is 3.72. The van der Waals surface area contributed by atoms with E-state index >= 15 is 0 Å². The number of hydrogen-bond acceptors (Lipinski definition) is 4. The molecular weight excluding hydrogens is 245 g/mol. The van der Waals surface area contributed by atoms with Crippen LogP contribution in [0.5, 0.6) is 0 Å². The zero-order valence-corrected chi connectivity index (χ0v) is 11.3. The predicted octanol–water partition coefficient (Wildman–Crippen LogP) is 4.71. The third kappa shape index (κ3) is 6.74. The largest absolute Gasteiger partial charge is 0.396 e. The van der Waals surface area contributed by atoms with Gasteiger partial charge in [-0.3, -0.25) is 0 Å². The molecule has 1 aromatic carbocycles. The summed E-state index contributed by atoms with van der Waals surface area (Å²) in [5.41, 5.74) is 0.937. The highest BCUT2D eigenvalue weighted by molar-refractivity contribution is 8.74. The van der Waals surface area contributed by atoms with Gasteiger partial charge in [-0.15, -0.1) is 0 Å². The van der Waals surface area contributed by atoms with Gasteiger partial charge in [-0.1, -0.05) is 31.1 Å². The van der Waals surface area contributed by atoms with Crippen molar-refractivity contribution in [1.29, 1.82) is 0 Å². The molecule has 0 amide bonds. The number of rotatable bonds is 5. The molecule has 0 fully saturated rings. The lowest BCUT2D eigenvalue weighted by Gasteiger charge is -1.96. The van der Waals surface area contributed by atoms with Gasteiger partial charge in [0.2, 0.25) is 0 Å². The first-order chi connectivity index (χ1) is 7.86. The molecule has 0 aromatic heterocycles. The molecule has 0 saturated carbocycles. The molecule has 0 unspecified atom stereocenters. The Morgan fingerprint density at radius 2 is 1.94 bits per heavy atom. The molecule has 0 spiro atoms. The van der Waals surface area contributed by atoms with Crippen LogP contribution in [0.1, 0.15) is 26.3 Å². The molecule has 0 N–H and O–H groups in total. The van der Waals surface area contributed by atoms with Gasteiger partial charge in [-0.25, -0.2) is 0 Å². The Labute approximate surface area is 104 Å². The normalized spacial score (nSPS) is 9.75. The number of oxime groups is 1. The second kappa shape index (κ2) is 10.8. The third-order valence-electron chi connectivity index (χ3n) is 1.41. The summed E-state index contributed by atoms with van der Waals surface area (Å²) in [4.78, 5) is 5.70. The molecule has 0 radical (unpaired) electrons. The van der Waals surface area contributed by atoms with Crippen LogP contribution in [-0.4, -0.2) is 12.8 Å². The van der Waals surface area contributed by atoms with Crippen LogP contribution in [0.15, 0.2) is 34.3 Å². The van der Waals surface area contributed by atoms with Crippen molar-refractivity contribution in [3.8, 4) is 0 Å². The molecule has 2 nitrogen and oxygen atoms in total. The third-order valence-corrected chi connectivity index (χ3v) is 2.71. The Hall–Kier alpha value is -0.680. The van der Waals surface area contributed by atoms with Crippen LogP contribution in [0, 0.1) is 0 Å². The minimum Gasteiger partial charge on any atom is -0.396 e. The van der Waals surface area contributed by atoms with Gasteiger partial charge < -0.3 is 4.84 Å².